The number of carbonyl (C=O) groups is 1. The number of nitrogens with zero attached hydrogens (tertiary/aromatic N) is 1. The lowest BCUT2D eigenvalue weighted by molar-refractivity contribution is 0.0686. The Balaban J connectivity index is 2.88. The lowest BCUT2D eigenvalue weighted by Gasteiger charge is -2.00. The summed E-state index contributed by atoms with van der Waals surface area (Å²) in [6, 6.07) is 4.64. The summed E-state index contributed by atoms with van der Waals surface area (Å²) in [6.07, 6.45) is 1.13. The lowest BCUT2D eigenvalue weighted by atomic mass is 10.1. The molecule has 1 N–H and O–H groups in total. The molecule has 0 radical (unpaired) electrons. The first-order valence-electron chi connectivity index (χ1n) is 5.26. The van der Waals surface area contributed by atoms with E-state index in [9.17, 15) is 13.2 Å². The van der Waals surface area contributed by atoms with Gasteiger partial charge in [-0.15, -0.1) is 0 Å². The van der Waals surface area contributed by atoms with Crippen LogP contribution in [0.25, 0.3) is 10.9 Å². The number of aromatic nitrogens is 1. The Labute approximate surface area is 105 Å². The SMILES string of the molecule is Cc1c(C(=O)O)n(C)c2ccc(S(C)(=O)=O)cc12. The molecule has 0 aliphatic rings. The normalized spacial score (nSPS) is 11.9. The summed E-state index contributed by atoms with van der Waals surface area (Å²) in [6.45, 7) is 1.68. The number of benzene rings is 1. The van der Waals surface area contributed by atoms with Crippen LogP contribution in [0.5, 0.6) is 0 Å². The predicted octanol–water partition coefficient (Wildman–Crippen LogP) is 1.59. The predicted molar refractivity (Wildman–Crippen MR) is 67.7 cm³/mol. The largest absolute Gasteiger partial charge is 0.477 e. The third-order valence-electron chi connectivity index (χ3n) is 3.05. The van der Waals surface area contributed by atoms with Gasteiger partial charge in [-0.3, -0.25) is 0 Å². The molecular formula is C12H13NO4S. The summed E-state index contributed by atoms with van der Waals surface area (Å²) in [5.41, 5.74) is 1.46. The summed E-state index contributed by atoms with van der Waals surface area (Å²) in [5.74, 6) is -1.02. The van der Waals surface area contributed by atoms with E-state index in [1.165, 1.54) is 12.1 Å². The zero-order chi connectivity index (χ0) is 13.7. The number of aryl methyl sites for hydroxylation is 2. The minimum Gasteiger partial charge on any atom is -0.477 e. The maximum atomic E-state index is 11.5. The molecule has 0 saturated heterocycles. The molecule has 0 aliphatic carbocycles. The van der Waals surface area contributed by atoms with Gasteiger partial charge in [0.25, 0.3) is 0 Å². The van der Waals surface area contributed by atoms with Crippen LogP contribution in [0.2, 0.25) is 0 Å². The second kappa shape index (κ2) is 3.84. The second-order valence-electron chi connectivity index (χ2n) is 4.29. The van der Waals surface area contributed by atoms with E-state index < -0.39 is 15.8 Å². The van der Waals surface area contributed by atoms with Crippen LogP contribution in [0.1, 0.15) is 16.1 Å². The van der Waals surface area contributed by atoms with Gasteiger partial charge < -0.3 is 9.67 Å². The van der Waals surface area contributed by atoms with Crippen LogP contribution in [-0.4, -0.2) is 30.3 Å². The molecule has 96 valence electrons. The number of hydrogen-bond acceptors (Lipinski definition) is 3. The smallest absolute Gasteiger partial charge is 0.352 e. The van der Waals surface area contributed by atoms with Gasteiger partial charge in [0, 0.05) is 24.2 Å². The molecule has 0 spiro atoms. The van der Waals surface area contributed by atoms with E-state index in [1.807, 2.05) is 0 Å². The molecule has 0 unspecified atom stereocenters. The third kappa shape index (κ3) is 1.78. The van der Waals surface area contributed by atoms with E-state index in [1.54, 1.807) is 24.6 Å². The molecule has 18 heavy (non-hydrogen) atoms. The van der Waals surface area contributed by atoms with E-state index in [0.29, 0.717) is 16.5 Å². The van der Waals surface area contributed by atoms with Crippen molar-refractivity contribution in [1.82, 2.24) is 4.57 Å². The standard InChI is InChI=1S/C12H13NO4S/c1-7-9-6-8(18(3,16)17)4-5-10(9)13(2)11(7)12(14)15/h4-6H,1-3H3,(H,14,15). The second-order valence-corrected chi connectivity index (χ2v) is 6.30. The molecule has 5 nitrogen and oxygen atoms in total. The van der Waals surface area contributed by atoms with Crippen LogP contribution < -0.4 is 0 Å². The number of hydrogen-bond donors (Lipinski definition) is 1. The first-order valence-corrected chi connectivity index (χ1v) is 7.15. The fraction of sp³-hybridized carbons (Fsp3) is 0.250. The minimum atomic E-state index is -3.29. The molecule has 0 amide bonds. The Kier molecular flexibility index (Phi) is 2.70. The van der Waals surface area contributed by atoms with E-state index in [-0.39, 0.29) is 10.6 Å². The number of fused-ring (bicyclic) bond motifs is 1. The maximum absolute atomic E-state index is 11.5. The van der Waals surface area contributed by atoms with Crippen LogP contribution in [0, 0.1) is 6.92 Å². The van der Waals surface area contributed by atoms with Crippen molar-refractivity contribution >= 4 is 26.7 Å². The van der Waals surface area contributed by atoms with Gasteiger partial charge in [-0.1, -0.05) is 0 Å². The van der Waals surface area contributed by atoms with Crippen molar-refractivity contribution in [3.05, 3.63) is 29.5 Å². The fourth-order valence-corrected chi connectivity index (χ4v) is 2.79. The first-order chi connectivity index (χ1) is 8.23. The van der Waals surface area contributed by atoms with Crippen LogP contribution in [-0.2, 0) is 16.9 Å². The van der Waals surface area contributed by atoms with Crippen molar-refractivity contribution in [2.75, 3.05) is 6.26 Å². The van der Waals surface area contributed by atoms with Gasteiger partial charge in [0.15, 0.2) is 9.84 Å². The molecule has 0 fully saturated rings. The monoisotopic (exact) mass is 267 g/mol. The van der Waals surface area contributed by atoms with Crippen molar-refractivity contribution in [3.63, 3.8) is 0 Å². The number of carboxylic acid groups (broad SMARTS) is 1. The lowest BCUT2D eigenvalue weighted by Crippen LogP contribution is -2.05. The Morgan fingerprint density at radius 3 is 2.44 bits per heavy atom. The molecule has 1 aromatic carbocycles. The molecular weight excluding hydrogens is 254 g/mol. The van der Waals surface area contributed by atoms with Crippen molar-refractivity contribution in [2.24, 2.45) is 7.05 Å². The molecule has 0 saturated carbocycles. The zero-order valence-corrected chi connectivity index (χ0v) is 11.1. The van der Waals surface area contributed by atoms with Gasteiger partial charge in [0.2, 0.25) is 0 Å². The molecule has 2 rings (SSSR count). The molecule has 6 heteroatoms. The maximum Gasteiger partial charge on any atom is 0.352 e. The van der Waals surface area contributed by atoms with Crippen LogP contribution >= 0.6 is 0 Å². The fourth-order valence-electron chi connectivity index (χ4n) is 2.14. The molecule has 1 aromatic heterocycles. The van der Waals surface area contributed by atoms with E-state index in [4.69, 9.17) is 5.11 Å². The Hall–Kier alpha value is -1.82. The van der Waals surface area contributed by atoms with Crippen LogP contribution in [0.15, 0.2) is 23.1 Å². The summed E-state index contributed by atoms with van der Waals surface area (Å²) in [4.78, 5) is 11.4. The highest BCUT2D eigenvalue weighted by Crippen LogP contribution is 2.27. The average molecular weight is 267 g/mol. The first kappa shape index (κ1) is 12.6. The van der Waals surface area contributed by atoms with Crippen molar-refractivity contribution < 1.29 is 18.3 Å². The van der Waals surface area contributed by atoms with Crippen LogP contribution in [0.4, 0.5) is 0 Å². The zero-order valence-electron chi connectivity index (χ0n) is 10.3. The van der Waals surface area contributed by atoms with Gasteiger partial charge in [0.05, 0.1) is 4.90 Å². The Morgan fingerprint density at radius 2 is 1.94 bits per heavy atom. The van der Waals surface area contributed by atoms with Gasteiger partial charge in [-0.05, 0) is 30.7 Å². The number of rotatable bonds is 2. The van der Waals surface area contributed by atoms with Gasteiger partial charge >= 0.3 is 5.97 Å². The molecule has 0 atom stereocenters. The van der Waals surface area contributed by atoms with Crippen molar-refractivity contribution in [2.45, 2.75) is 11.8 Å². The average Bonchev–Trinajstić information content (AvgIpc) is 2.50. The summed E-state index contributed by atoms with van der Waals surface area (Å²) in [5, 5.41) is 9.79. The Bertz CT molecular complexity index is 756. The quantitative estimate of drug-likeness (QED) is 0.896. The van der Waals surface area contributed by atoms with Crippen molar-refractivity contribution in [1.29, 1.82) is 0 Å². The van der Waals surface area contributed by atoms with Crippen molar-refractivity contribution in [3.8, 4) is 0 Å². The number of aromatic carboxylic acids is 1. The molecule has 0 bridgehead atoms. The van der Waals surface area contributed by atoms with E-state index in [2.05, 4.69) is 0 Å². The molecule has 2 aromatic rings. The highest BCUT2D eigenvalue weighted by atomic mass is 32.2. The summed E-state index contributed by atoms with van der Waals surface area (Å²) < 4.78 is 24.5. The summed E-state index contributed by atoms with van der Waals surface area (Å²) >= 11 is 0. The van der Waals surface area contributed by atoms with E-state index in [0.717, 1.165) is 6.26 Å². The van der Waals surface area contributed by atoms with Gasteiger partial charge in [0.1, 0.15) is 5.69 Å². The highest BCUT2D eigenvalue weighted by molar-refractivity contribution is 7.90. The topological polar surface area (TPSA) is 76.4 Å². The third-order valence-corrected chi connectivity index (χ3v) is 4.16. The minimum absolute atomic E-state index is 0.177. The van der Waals surface area contributed by atoms with E-state index >= 15 is 0 Å². The highest BCUT2D eigenvalue weighted by Gasteiger charge is 2.19. The van der Waals surface area contributed by atoms with Gasteiger partial charge in [-0.25, -0.2) is 13.2 Å². The van der Waals surface area contributed by atoms with Crippen LogP contribution in [0.3, 0.4) is 0 Å². The number of carboxylic acids is 1. The molecule has 0 aliphatic heterocycles. The van der Waals surface area contributed by atoms with Gasteiger partial charge in [-0.2, -0.15) is 0 Å². The molecule has 1 heterocycles. The summed E-state index contributed by atoms with van der Waals surface area (Å²) in [7, 11) is -1.64. The Morgan fingerprint density at radius 1 is 1.33 bits per heavy atom. The number of sulfone groups is 1.